The van der Waals surface area contributed by atoms with Crippen LogP contribution in [0.25, 0.3) is 0 Å². The van der Waals surface area contributed by atoms with E-state index in [9.17, 15) is 4.79 Å². The van der Waals surface area contributed by atoms with Crippen LogP contribution in [-0.2, 0) is 0 Å². The van der Waals surface area contributed by atoms with E-state index in [0.717, 1.165) is 31.5 Å². The summed E-state index contributed by atoms with van der Waals surface area (Å²) in [7, 11) is 0. The molecule has 0 radical (unpaired) electrons. The number of hydrazine groups is 1. The molecule has 4 heteroatoms. The Labute approximate surface area is 95.6 Å². The highest BCUT2D eigenvalue weighted by Gasteiger charge is 2.21. The molecule has 0 atom stereocenters. The van der Waals surface area contributed by atoms with Gasteiger partial charge in [0.15, 0.2) is 0 Å². The first-order valence-electron chi connectivity index (χ1n) is 5.68. The molecular formula is C12H17N3O. The van der Waals surface area contributed by atoms with Crippen LogP contribution in [0, 0.1) is 0 Å². The predicted octanol–water partition coefficient (Wildman–Crippen LogP) is 1.97. The molecule has 2 amide bonds. The molecule has 2 N–H and O–H groups in total. The van der Waals surface area contributed by atoms with Crippen LogP contribution >= 0.6 is 0 Å². The van der Waals surface area contributed by atoms with Crippen molar-refractivity contribution in [3.8, 4) is 0 Å². The summed E-state index contributed by atoms with van der Waals surface area (Å²) in [5.41, 5.74) is 6.44. The third-order valence-electron chi connectivity index (χ3n) is 2.84. The maximum Gasteiger partial charge on any atom is 0.333 e. The number of para-hydroxylation sites is 1. The van der Waals surface area contributed by atoms with Gasteiger partial charge in [-0.3, -0.25) is 5.01 Å². The van der Waals surface area contributed by atoms with Gasteiger partial charge in [0.1, 0.15) is 0 Å². The number of amides is 2. The van der Waals surface area contributed by atoms with E-state index in [0.29, 0.717) is 6.54 Å². The normalized spacial score (nSPS) is 17.0. The number of nitrogens with zero attached hydrogens (tertiary/aromatic N) is 2. The zero-order chi connectivity index (χ0) is 11.4. The fraction of sp³-hybridized carbons (Fsp3) is 0.417. The smallest absolute Gasteiger partial charge is 0.333 e. The van der Waals surface area contributed by atoms with Gasteiger partial charge >= 0.3 is 6.03 Å². The Morgan fingerprint density at radius 1 is 1.06 bits per heavy atom. The van der Waals surface area contributed by atoms with E-state index in [1.807, 2.05) is 35.3 Å². The fourth-order valence-corrected chi connectivity index (χ4v) is 2.04. The molecule has 2 rings (SSSR count). The minimum Gasteiger partial charge on any atom is -0.350 e. The third kappa shape index (κ3) is 2.27. The quantitative estimate of drug-likeness (QED) is 0.785. The highest BCUT2D eigenvalue weighted by Crippen LogP contribution is 2.20. The first-order chi connectivity index (χ1) is 7.79. The second-order valence-corrected chi connectivity index (χ2v) is 3.98. The van der Waals surface area contributed by atoms with Gasteiger partial charge in [-0.15, -0.1) is 0 Å². The second kappa shape index (κ2) is 4.88. The first-order valence-corrected chi connectivity index (χ1v) is 5.68. The van der Waals surface area contributed by atoms with Crippen molar-refractivity contribution in [1.82, 2.24) is 5.01 Å². The minimum absolute atomic E-state index is 0.370. The third-order valence-corrected chi connectivity index (χ3v) is 2.84. The molecule has 16 heavy (non-hydrogen) atoms. The van der Waals surface area contributed by atoms with Crippen LogP contribution in [0.3, 0.4) is 0 Å². The number of nitrogens with two attached hydrogens (primary N) is 1. The van der Waals surface area contributed by atoms with Crippen molar-refractivity contribution in [2.75, 3.05) is 18.1 Å². The summed E-state index contributed by atoms with van der Waals surface area (Å²) in [5.74, 6) is 0. The zero-order valence-corrected chi connectivity index (χ0v) is 9.30. The van der Waals surface area contributed by atoms with Gasteiger partial charge in [0.05, 0.1) is 5.69 Å². The van der Waals surface area contributed by atoms with E-state index in [4.69, 9.17) is 5.73 Å². The largest absolute Gasteiger partial charge is 0.350 e. The summed E-state index contributed by atoms with van der Waals surface area (Å²) in [5, 5.41) is 3.62. The van der Waals surface area contributed by atoms with Crippen LogP contribution in [0.2, 0.25) is 0 Å². The number of hydrogen-bond acceptors (Lipinski definition) is 2. The van der Waals surface area contributed by atoms with E-state index in [1.165, 1.54) is 0 Å². The van der Waals surface area contributed by atoms with Gasteiger partial charge in [0, 0.05) is 13.1 Å². The Morgan fingerprint density at radius 3 is 2.44 bits per heavy atom. The number of carbonyl (C=O) groups excluding carboxylic acids is 1. The van der Waals surface area contributed by atoms with Crippen molar-refractivity contribution in [2.24, 2.45) is 5.73 Å². The standard InChI is InChI=1S/C12H17N3O/c13-12(16)15-10-6-2-5-9-14(15)11-7-3-1-4-8-11/h1,3-4,7-8H,2,5-6,9-10H2,(H2,13,16). The van der Waals surface area contributed by atoms with Crippen LogP contribution in [0.4, 0.5) is 10.5 Å². The molecule has 1 saturated heterocycles. The topological polar surface area (TPSA) is 49.6 Å². The number of rotatable bonds is 1. The molecule has 0 aromatic heterocycles. The van der Waals surface area contributed by atoms with Crippen LogP contribution in [0.1, 0.15) is 19.3 Å². The molecule has 1 aliphatic rings. The average Bonchev–Trinajstić information content (AvgIpc) is 2.55. The number of carbonyl (C=O) groups is 1. The van der Waals surface area contributed by atoms with Crippen molar-refractivity contribution in [2.45, 2.75) is 19.3 Å². The van der Waals surface area contributed by atoms with E-state index >= 15 is 0 Å². The summed E-state index contributed by atoms with van der Waals surface area (Å²) in [6.07, 6.45) is 3.26. The molecule has 0 spiro atoms. The summed E-state index contributed by atoms with van der Waals surface area (Å²) in [6, 6.07) is 9.54. The monoisotopic (exact) mass is 219 g/mol. The lowest BCUT2D eigenvalue weighted by Crippen LogP contribution is -2.49. The number of benzene rings is 1. The maximum absolute atomic E-state index is 11.4. The van der Waals surface area contributed by atoms with Crippen LogP contribution in [0.5, 0.6) is 0 Å². The lowest BCUT2D eigenvalue weighted by Gasteiger charge is -2.33. The van der Waals surface area contributed by atoms with E-state index < -0.39 is 0 Å². The Bertz CT molecular complexity index is 353. The Kier molecular flexibility index (Phi) is 3.29. The predicted molar refractivity (Wildman–Crippen MR) is 63.9 cm³/mol. The lowest BCUT2D eigenvalue weighted by atomic mass is 10.2. The molecule has 0 bridgehead atoms. The summed E-state index contributed by atoms with van der Waals surface area (Å²) in [4.78, 5) is 11.4. The van der Waals surface area contributed by atoms with Crippen LogP contribution < -0.4 is 10.7 Å². The van der Waals surface area contributed by atoms with Crippen molar-refractivity contribution in [3.05, 3.63) is 30.3 Å². The van der Waals surface area contributed by atoms with Gasteiger partial charge in [-0.25, -0.2) is 9.80 Å². The van der Waals surface area contributed by atoms with E-state index in [-0.39, 0.29) is 6.03 Å². The molecule has 86 valence electrons. The molecule has 0 unspecified atom stereocenters. The van der Waals surface area contributed by atoms with Gasteiger partial charge < -0.3 is 5.73 Å². The van der Waals surface area contributed by atoms with Gasteiger partial charge in [-0.2, -0.15) is 0 Å². The molecule has 4 nitrogen and oxygen atoms in total. The Morgan fingerprint density at radius 2 is 1.75 bits per heavy atom. The van der Waals surface area contributed by atoms with Crippen molar-refractivity contribution < 1.29 is 4.79 Å². The zero-order valence-electron chi connectivity index (χ0n) is 9.30. The molecule has 1 fully saturated rings. The average molecular weight is 219 g/mol. The van der Waals surface area contributed by atoms with Crippen molar-refractivity contribution in [3.63, 3.8) is 0 Å². The number of primary amides is 1. The highest BCUT2D eigenvalue weighted by atomic mass is 16.2. The summed E-state index contributed by atoms with van der Waals surface area (Å²) in [6.45, 7) is 1.57. The summed E-state index contributed by atoms with van der Waals surface area (Å²) < 4.78 is 0. The van der Waals surface area contributed by atoms with E-state index in [2.05, 4.69) is 0 Å². The molecular weight excluding hydrogens is 202 g/mol. The van der Waals surface area contributed by atoms with Gasteiger partial charge in [0.25, 0.3) is 0 Å². The van der Waals surface area contributed by atoms with Gasteiger partial charge in [-0.05, 0) is 31.4 Å². The maximum atomic E-state index is 11.4. The van der Waals surface area contributed by atoms with Crippen molar-refractivity contribution in [1.29, 1.82) is 0 Å². The molecule has 1 heterocycles. The number of anilines is 1. The highest BCUT2D eigenvalue weighted by molar-refractivity contribution is 5.74. The number of urea groups is 1. The molecule has 0 aliphatic carbocycles. The minimum atomic E-state index is -0.370. The van der Waals surface area contributed by atoms with Crippen molar-refractivity contribution >= 4 is 11.7 Å². The van der Waals surface area contributed by atoms with Crippen LogP contribution in [-0.4, -0.2) is 24.1 Å². The Hall–Kier alpha value is -1.71. The molecule has 1 aromatic rings. The van der Waals surface area contributed by atoms with E-state index in [1.54, 1.807) is 5.01 Å². The van der Waals surface area contributed by atoms with Crippen LogP contribution in [0.15, 0.2) is 30.3 Å². The number of hydrogen-bond donors (Lipinski definition) is 1. The van der Waals surface area contributed by atoms with Gasteiger partial charge in [-0.1, -0.05) is 18.2 Å². The first kappa shape index (κ1) is 10.8. The SMILES string of the molecule is NC(=O)N1CCCCCN1c1ccccc1. The second-order valence-electron chi connectivity index (χ2n) is 3.98. The molecule has 1 aromatic carbocycles. The van der Waals surface area contributed by atoms with Gasteiger partial charge in [0.2, 0.25) is 0 Å². The summed E-state index contributed by atoms with van der Waals surface area (Å²) >= 11 is 0. The Balaban J connectivity index is 2.24. The molecule has 1 aliphatic heterocycles. The molecule has 0 saturated carbocycles. The fourth-order valence-electron chi connectivity index (χ4n) is 2.04. The lowest BCUT2D eigenvalue weighted by molar-refractivity contribution is 0.204.